The summed E-state index contributed by atoms with van der Waals surface area (Å²) in [7, 11) is 3.45. The van der Waals surface area contributed by atoms with Crippen molar-refractivity contribution in [1.82, 2.24) is 4.90 Å². The molecule has 122 heavy (non-hydrogen) atoms. The van der Waals surface area contributed by atoms with E-state index in [1.165, 1.54) is 140 Å². The van der Waals surface area contributed by atoms with E-state index in [1.54, 1.807) is 28.4 Å². The highest BCUT2D eigenvalue weighted by Crippen LogP contribution is 2.56. The maximum atomic E-state index is 7.13. The second-order valence-corrected chi connectivity index (χ2v) is 46.2. The molecule has 0 radical (unpaired) electrons. The molecule has 5 saturated heterocycles. The van der Waals surface area contributed by atoms with Crippen LogP contribution in [0.3, 0.4) is 0 Å². The first-order valence-corrected chi connectivity index (χ1v) is 50.6. The largest absolute Gasteiger partial charge is 0.487 e. The van der Waals surface area contributed by atoms with Gasteiger partial charge >= 0.3 is 30.2 Å². The SMILES string of the molecule is COC(Oc1c(C)c(C)c2c(c1C)CCC(C)(CCCC(C)CCCC(C)CCCC(C)C)O2)OC1COC2C(OC(OCCC3C(C)(C)CC(C)CC3(C)C)Oc3c(C)c(C)c4c(c3C)CCC(C)(CCCC(C)CCCC(C)CCCC(C)C)O4)COC12.COP(OC)OC1COC2C(OP(OC)OCCN3C(C)(C)CC(C)CC3(C)C)COC12. The Balaban J connectivity index is 0.000000439. The van der Waals surface area contributed by atoms with Crippen molar-refractivity contribution in [2.75, 3.05) is 74.6 Å². The van der Waals surface area contributed by atoms with Crippen LogP contribution in [-0.2, 0) is 77.9 Å². The number of rotatable bonds is 48. The van der Waals surface area contributed by atoms with E-state index in [4.69, 9.17) is 84.0 Å². The van der Waals surface area contributed by atoms with E-state index in [0.717, 1.165) is 149 Å². The Morgan fingerprint density at radius 3 is 1.18 bits per heavy atom. The van der Waals surface area contributed by atoms with Gasteiger partial charge in [0.15, 0.2) is 0 Å². The molecule has 0 amide bonds. The van der Waals surface area contributed by atoms with Crippen molar-refractivity contribution >= 4 is 17.2 Å². The van der Waals surface area contributed by atoms with Crippen molar-refractivity contribution in [2.45, 2.75) is 437 Å². The molecule has 0 spiro atoms. The number of methoxy groups -OCH3 is 1. The van der Waals surface area contributed by atoms with Gasteiger partial charge in [-0.25, -0.2) is 0 Å². The van der Waals surface area contributed by atoms with Gasteiger partial charge in [0.25, 0.3) is 0 Å². The molecule has 1 aliphatic carbocycles. The summed E-state index contributed by atoms with van der Waals surface area (Å²) in [6, 6.07) is 0. The van der Waals surface area contributed by atoms with Crippen LogP contribution in [0, 0.1) is 106 Å². The van der Waals surface area contributed by atoms with Crippen LogP contribution in [0.1, 0.15) is 344 Å². The molecule has 1 saturated carbocycles. The molecule has 6 fully saturated rings. The molecule has 17 unspecified atom stereocenters. The standard InChI is InChI=1S/C80H136O10.C21H41NO8P2/c1-51(2)29-23-31-53(5)33-25-35-55(7)37-27-42-79(20)44-39-64-62(14)69(58(10)60(12)71(64)89-79)87-75(81-22)85-66-49-83-74-67(50-84-73(66)74)86-76(82-46-41-68-77(16,17)47-57(9)48-78(68,18)19)88-70-59(11)61(13)72-65(63(70)15)40-45-80(21,90-72)43-28-38-56(8)36-26-34-54(6)32-24-30-52(3)4;1-15-11-20(2,3)22(21(4,5)12-15)9-10-28-32(25-8)30-17-14-27-18-16(13-26-19(17)18)29-31(23-6)24-7/h51-57,66-68,73-76H,23-50H2,1-22H3;15-19H,9-14H2,1-8H3. The highest BCUT2D eigenvalue weighted by atomic mass is 31.2. The molecule has 7 heterocycles. The van der Waals surface area contributed by atoms with Crippen LogP contribution in [0.4, 0.5) is 0 Å². The van der Waals surface area contributed by atoms with E-state index in [2.05, 4.69) is 185 Å². The molecular formula is C101H177NO18P2. The Hall–Kier alpha value is -2.10. The first-order valence-electron chi connectivity index (χ1n) is 48.4. The van der Waals surface area contributed by atoms with Crippen LogP contribution in [0.2, 0.25) is 0 Å². The number of ether oxygens (including phenoxy) is 12. The van der Waals surface area contributed by atoms with E-state index in [0.29, 0.717) is 51.5 Å². The van der Waals surface area contributed by atoms with Crippen LogP contribution < -0.4 is 18.9 Å². The molecule has 8 aliphatic rings. The highest BCUT2D eigenvalue weighted by Gasteiger charge is 2.54. The Labute approximate surface area is 745 Å². The fourth-order valence-corrected chi connectivity index (χ4v) is 24.9. The zero-order valence-electron chi connectivity index (χ0n) is 82.7. The van der Waals surface area contributed by atoms with E-state index in [9.17, 15) is 0 Å². The Morgan fingerprint density at radius 1 is 0.418 bits per heavy atom. The van der Waals surface area contributed by atoms with Crippen LogP contribution in [0.25, 0.3) is 0 Å². The summed E-state index contributed by atoms with van der Waals surface area (Å²) in [5, 5.41) is 0. The van der Waals surface area contributed by atoms with Crippen molar-refractivity contribution in [2.24, 2.45) is 64.1 Å². The molecule has 2 aromatic rings. The Kier molecular flexibility index (Phi) is 39.8. The lowest BCUT2D eigenvalue weighted by Gasteiger charge is -2.55. The lowest BCUT2D eigenvalue weighted by molar-refractivity contribution is -0.278. The monoisotopic (exact) mass is 1750 g/mol. The number of nitrogens with zero attached hydrogens (tertiary/aromatic N) is 1. The zero-order chi connectivity index (χ0) is 89.4. The third-order valence-electron chi connectivity index (χ3n) is 29.6. The maximum absolute atomic E-state index is 7.13. The van der Waals surface area contributed by atoms with Crippen LogP contribution in [0.15, 0.2) is 0 Å². The van der Waals surface area contributed by atoms with E-state index in [-0.39, 0.29) is 57.5 Å². The molecule has 19 nitrogen and oxygen atoms in total. The van der Waals surface area contributed by atoms with Crippen LogP contribution in [0.5, 0.6) is 23.0 Å². The topological polar surface area (TPSA) is 169 Å². The van der Waals surface area contributed by atoms with Gasteiger partial charge in [-0.1, -0.05) is 187 Å². The number of hydrogen-bond acceptors (Lipinski definition) is 19. The Bertz CT molecular complexity index is 3440. The van der Waals surface area contributed by atoms with Gasteiger partial charge in [-0.3, -0.25) is 4.90 Å². The first kappa shape index (κ1) is 104. The molecule has 21 heteroatoms. The van der Waals surface area contributed by atoms with E-state index in [1.807, 2.05) is 0 Å². The van der Waals surface area contributed by atoms with Gasteiger partial charge < -0.3 is 84.0 Å². The third-order valence-corrected chi connectivity index (χ3v) is 31.8. The lowest BCUT2D eigenvalue weighted by Crippen LogP contribution is -2.61. The number of likely N-dealkylation sites (tertiary alicyclic amines) is 1. The summed E-state index contributed by atoms with van der Waals surface area (Å²) < 4.78 is 113. The number of fused-ring (bicyclic) bond motifs is 4. The normalized spacial score (nSPS) is 29.0. The molecule has 0 aromatic heterocycles. The summed E-state index contributed by atoms with van der Waals surface area (Å²) in [5.41, 5.74) is 9.19. The minimum atomic E-state index is -1.50. The van der Waals surface area contributed by atoms with Crippen LogP contribution >= 0.6 is 17.2 Å². The zero-order valence-corrected chi connectivity index (χ0v) is 84.5. The van der Waals surface area contributed by atoms with Crippen molar-refractivity contribution in [3.63, 3.8) is 0 Å². The average Bonchev–Trinajstić information content (AvgIpc) is 1.01. The molecule has 0 bridgehead atoms. The minimum Gasteiger partial charge on any atom is -0.487 e. The summed E-state index contributed by atoms with van der Waals surface area (Å²) in [5.74, 6) is 10.3. The second-order valence-electron chi connectivity index (χ2n) is 43.5. The summed E-state index contributed by atoms with van der Waals surface area (Å²) in [4.78, 5) is 2.56. The van der Waals surface area contributed by atoms with Crippen molar-refractivity contribution in [3.05, 3.63) is 44.5 Å². The number of piperidine rings is 1. The quantitative estimate of drug-likeness (QED) is 0.0452. The second kappa shape index (κ2) is 46.8. The van der Waals surface area contributed by atoms with E-state index < -0.39 is 54.6 Å². The highest BCUT2D eigenvalue weighted by molar-refractivity contribution is 7.41. The van der Waals surface area contributed by atoms with E-state index >= 15 is 0 Å². The summed E-state index contributed by atoms with van der Waals surface area (Å²) in [6.45, 7) is 62.0. The van der Waals surface area contributed by atoms with Gasteiger partial charge in [-0.05, 0) is 264 Å². The third kappa shape index (κ3) is 28.5. The molecule has 2 aromatic carbocycles. The average molecular weight is 1760 g/mol. The fourth-order valence-electron chi connectivity index (χ4n) is 23.3. The summed E-state index contributed by atoms with van der Waals surface area (Å²) in [6.07, 6.45) is 30.1. The van der Waals surface area contributed by atoms with Gasteiger partial charge in [0.1, 0.15) is 83.0 Å². The predicted octanol–water partition coefficient (Wildman–Crippen LogP) is 25.6. The molecule has 7 aliphatic heterocycles. The molecule has 17 atom stereocenters. The predicted molar refractivity (Wildman–Crippen MR) is 494 cm³/mol. The number of benzene rings is 2. The van der Waals surface area contributed by atoms with Gasteiger partial charge in [0.05, 0.1) is 39.6 Å². The first-order chi connectivity index (χ1) is 57.5. The smallest absolute Gasteiger partial charge is 0.332 e. The van der Waals surface area contributed by atoms with Gasteiger partial charge in [-0.2, -0.15) is 0 Å². The lowest BCUT2D eigenvalue weighted by atomic mass is 9.54. The Morgan fingerprint density at radius 2 is 0.779 bits per heavy atom. The maximum Gasteiger partial charge on any atom is 0.332 e. The van der Waals surface area contributed by atoms with Crippen molar-refractivity contribution < 1.29 is 84.0 Å². The molecule has 10 rings (SSSR count). The van der Waals surface area contributed by atoms with Gasteiger partial charge in [-0.15, -0.1) is 0 Å². The summed E-state index contributed by atoms with van der Waals surface area (Å²) >= 11 is 0. The van der Waals surface area contributed by atoms with Gasteiger partial charge in [0.2, 0.25) is 0 Å². The fraction of sp³-hybridized carbons (Fsp3) is 0.881. The van der Waals surface area contributed by atoms with Crippen LogP contribution in [-0.4, -0.2) is 164 Å². The minimum absolute atomic E-state index is 0.129. The molecule has 0 N–H and O–H groups in total. The van der Waals surface area contributed by atoms with Crippen molar-refractivity contribution in [1.29, 1.82) is 0 Å². The van der Waals surface area contributed by atoms with Gasteiger partial charge in [0, 0.05) is 57.2 Å². The molecular weight excluding hydrogens is 1580 g/mol. The number of hydrogen-bond donors (Lipinski definition) is 0. The van der Waals surface area contributed by atoms with Crippen molar-refractivity contribution in [3.8, 4) is 23.0 Å². The molecule has 704 valence electrons.